The van der Waals surface area contributed by atoms with Crippen LogP contribution in [0.4, 0.5) is 5.13 Å². The highest BCUT2D eigenvalue weighted by molar-refractivity contribution is 7.15. The zero-order chi connectivity index (χ0) is 16.1. The molecule has 128 valence electrons. The third-order valence-corrected chi connectivity index (χ3v) is 5.83. The molecule has 1 amide bonds. The maximum Gasteiger partial charge on any atom is 0.240 e. The number of aromatic nitrogens is 2. The van der Waals surface area contributed by atoms with Crippen molar-refractivity contribution in [3.05, 3.63) is 5.01 Å². The predicted octanol–water partition coefficient (Wildman–Crippen LogP) is 1.99. The van der Waals surface area contributed by atoms with Crippen LogP contribution in [0.1, 0.15) is 44.0 Å². The second kappa shape index (κ2) is 8.17. The van der Waals surface area contributed by atoms with Crippen molar-refractivity contribution in [2.24, 2.45) is 0 Å². The van der Waals surface area contributed by atoms with Crippen LogP contribution in [-0.2, 0) is 11.2 Å². The third-order valence-electron chi connectivity index (χ3n) is 4.85. The highest BCUT2D eigenvalue weighted by atomic mass is 32.1. The van der Waals surface area contributed by atoms with E-state index < -0.39 is 0 Å². The number of piperidine rings is 2. The molecule has 2 aliphatic rings. The van der Waals surface area contributed by atoms with Gasteiger partial charge in [0.15, 0.2) is 0 Å². The molecule has 0 spiro atoms. The van der Waals surface area contributed by atoms with Gasteiger partial charge in [-0.3, -0.25) is 15.0 Å². The van der Waals surface area contributed by atoms with Gasteiger partial charge in [-0.05, 0) is 45.2 Å². The molecule has 7 heteroatoms. The second-order valence-corrected chi connectivity index (χ2v) is 7.57. The molecule has 0 radical (unpaired) electrons. The van der Waals surface area contributed by atoms with E-state index in [1.54, 1.807) is 0 Å². The van der Waals surface area contributed by atoms with Gasteiger partial charge < -0.3 is 4.90 Å². The Labute approximate surface area is 142 Å². The molecule has 0 atom stereocenters. The van der Waals surface area contributed by atoms with Gasteiger partial charge in [0.05, 0.1) is 6.54 Å². The maximum atomic E-state index is 12.1. The number of anilines is 1. The Kier molecular flexibility index (Phi) is 5.96. The lowest BCUT2D eigenvalue weighted by Crippen LogP contribution is -2.48. The Morgan fingerprint density at radius 1 is 1.17 bits per heavy atom. The Morgan fingerprint density at radius 2 is 1.91 bits per heavy atom. The number of hydrogen-bond donors (Lipinski definition) is 1. The molecule has 6 nitrogen and oxygen atoms in total. The lowest BCUT2D eigenvalue weighted by molar-refractivity contribution is -0.117. The van der Waals surface area contributed by atoms with Gasteiger partial charge in [-0.1, -0.05) is 24.7 Å². The topological polar surface area (TPSA) is 61.4 Å². The lowest BCUT2D eigenvalue weighted by Gasteiger charge is -2.40. The first-order chi connectivity index (χ1) is 11.2. The fourth-order valence-electron chi connectivity index (χ4n) is 3.53. The van der Waals surface area contributed by atoms with Gasteiger partial charge in [-0.2, -0.15) is 0 Å². The van der Waals surface area contributed by atoms with Crippen LogP contribution in [0.15, 0.2) is 0 Å². The Hall–Kier alpha value is -1.05. The van der Waals surface area contributed by atoms with E-state index in [-0.39, 0.29) is 5.91 Å². The number of hydrogen-bond acceptors (Lipinski definition) is 6. The normalized spacial score (nSPS) is 21.4. The van der Waals surface area contributed by atoms with Crippen LogP contribution in [0.5, 0.6) is 0 Å². The second-order valence-electron chi connectivity index (χ2n) is 6.51. The van der Waals surface area contributed by atoms with Crippen molar-refractivity contribution in [2.45, 2.75) is 51.5 Å². The molecule has 3 heterocycles. The predicted molar refractivity (Wildman–Crippen MR) is 92.8 cm³/mol. The molecule has 1 aromatic heterocycles. The molecule has 1 N–H and O–H groups in total. The molecule has 2 fully saturated rings. The van der Waals surface area contributed by atoms with Gasteiger partial charge in [0.25, 0.3) is 0 Å². The molecule has 1 aromatic rings. The van der Waals surface area contributed by atoms with Crippen LogP contribution in [0.25, 0.3) is 0 Å². The summed E-state index contributed by atoms with van der Waals surface area (Å²) < 4.78 is 0. The molecule has 23 heavy (non-hydrogen) atoms. The summed E-state index contributed by atoms with van der Waals surface area (Å²) in [4.78, 5) is 17.1. The minimum absolute atomic E-state index is 0.0280. The summed E-state index contributed by atoms with van der Waals surface area (Å²) in [6.07, 6.45) is 7.32. The summed E-state index contributed by atoms with van der Waals surface area (Å²) in [5.74, 6) is 0.0280. The average molecular weight is 337 g/mol. The van der Waals surface area contributed by atoms with Crippen molar-refractivity contribution >= 4 is 22.4 Å². The largest absolute Gasteiger partial charge is 0.300 e. The first-order valence-corrected chi connectivity index (χ1v) is 9.65. The van der Waals surface area contributed by atoms with E-state index in [0.717, 1.165) is 30.6 Å². The third kappa shape index (κ3) is 4.71. The van der Waals surface area contributed by atoms with E-state index in [1.165, 1.54) is 56.5 Å². The van der Waals surface area contributed by atoms with Crippen LogP contribution < -0.4 is 5.32 Å². The fourth-order valence-corrected chi connectivity index (χ4v) is 4.23. The Bertz CT molecular complexity index is 506. The minimum atomic E-state index is 0.0280. The van der Waals surface area contributed by atoms with Crippen LogP contribution in [-0.4, -0.2) is 64.7 Å². The van der Waals surface area contributed by atoms with Crippen molar-refractivity contribution in [3.63, 3.8) is 0 Å². The fraction of sp³-hybridized carbons (Fsp3) is 0.812. The van der Waals surface area contributed by atoms with Crippen molar-refractivity contribution in [3.8, 4) is 0 Å². The van der Waals surface area contributed by atoms with E-state index in [2.05, 4.69) is 25.3 Å². The Balaban J connectivity index is 1.40. The number of aryl methyl sites for hydroxylation is 1. The highest BCUT2D eigenvalue weighted by Gasteiger charge is 2.26. The van der Waals surface area contributed by atoms with Crippen LogP contribution >= 0.6 is 11.3 Å². The number of rotatable bonds is 5. The standard InChI is InChI=1S/C16H27N5OS/c1-2-15-18-19-16(23-15)17-14(22)12-20-10-6-13(7-11-20)21-8-4-3-5-9-21/h13H,2-12H2,1H3,(H,17,19,22). The van der Waals surface area contributed by atoms with Crippen molar-refractivity contribution in [1.82, 2.24) is 20.0 Å². The zero-order valence-electron chi connectivity index (χ0n) is 14.0. The quantitative estimate of drug-likeness (QED) is 0.890. The highest BCUT2D eigenvalue weighted by Crippen LogP contribution is 2.21. The molecule has 3 rings (SSSR count). The van der Waals surface area contributed by atoms with Gasteiger partial charge in [-0.15, -0.1) is 10.2 Å². The first-order valence-electron chi connectivity index (χ1n) is 8.83. The lowest BCUT2D eigenvalue weighted by atomic mass is 10.00. The summed E-state index contributed by atoms with van der Waals surface area (Å²) >= 11 is 1.46. The number of amides is 1. The van der Waals surface area contributed by atoms with Gasteiger partial charge in [-0.25, -0.2) is 0 Å². The van der Waals surface area contributed by atoms with E-state index in [1.807, 2.05) is 6.92 Å². The van der Waals surface area contributed by atoms with Gasteiger partial charge >= 0.3 is 0 Å². The number of nitrogens with zero attached hydrogens (tertiary/aromatic N) is 4. The minimum Gasteiger partial charge on any atom is -0.300 e. The van der Waals surface area contributed by atoms with E-state index in [4.69, 9.17) is 0 Å². The molecule has 0 unspecified atom stereocenters. The molecular formula is C16H27N5OS. The number of carbonyl (C=O) groups is 1. The summed E-state index contributed by atoms with van der Waals surface area (Å²) in [5, 5.41) is 12.5. The Morgan fingerprint density at radius 3 is 2.57 bits per heavy atom. The average Bonchev–Trinajstić information content (AvgIpc) is 3.04. The molecule has 0 bridgehead atoms. The van der Waals surface area contributed by atoms with Crippen molar-refractivity contribution in [2.75, 3.05) is 38.0 Å². The summed E-state index contributed by atoms with van der Waals surface area (Å²) in [6, 6.07) is 0.727. The zero-order valence-corrected chi connectivity index (χ0v) is 14.8. The summed E-state index contributed by atoms with van der Waals surface area (Å²) in [5.41, 5.74) is 0. The van der Waals surface area contributed by atoms with E-state index in [9.17, 15) is 4.79 Å². The van der Waals surface area contributed by atoms with Crippen LogP contribution in [0.2, 0.25) is 0 Å². The molecule has 0 aromatic carbocycles. The van der Waals surface area contributed by atoms with Gasteiger partial charge in [0.2, 0.25) is 11.0 Å². The summed E-state index contributed by atoms with van der Waals surface area (Å²) in [7, 11) is 0. The molecule has 0 saturated carbocycles. The molecule has 2 saturated heterocycles. The van der Waals surface area contributed by atoms with Crippen LogP contribution in [0.3, 0.4) is 0 Å². The monoisotopic (exact) mass is 337 g/mol. The van der Waals surface area contributed by atoms with E-state index in [0.29, 0.717) is 11.7 Å². The smallest absolute Gasteiger partial charge is 0.240 e. The number of carbonyl (C=O) groups excluding carboxylic acids is 1. The van der Waals surface area contributed by atoms with Gasteiger partial charge in [0, 0.05) is 19.1 Å². The first kappa shape index (κ1) is 16.8. The molecule has 2 aliphatic heterocycles. The SMILES string of the molecule is CCc1nnc(NC(=O)CN2CCC(N3CCCCC3)CC2)s1. The molecule has 0 aliphatic carbocycles. The van der Waals surface area contributed by atoms with E-state index >= 15 is 0 Å². The van der Waals surface area contributed by atoms with Crippen molar-refractivity contribution < 1.29 is 4.79 Å². The van der Waals surface area contributed by atoms with Gasteiger partial charge in [0.1, 0.15) is 5.01 Å². The molecular weight excluding hydrogens is 310 g/mol. The number of likely N-dealkylation sites (tertiary alicyclic amines) is 2. The van der Waals surface area contributed by atoms with Crippen molar-refractivity contribution in [1.29, 1.82) is 0 Å². The van der Waals surface area contributed by atoms with Crippen LogP contribution in [0, 0.1) is 0 Å². The number of nitrogens with one attached hydrogen (secondary N) is 1. The summed E-state index contributed by atoms with van der Waals surface area (Å²) in [6.45, 7) is 7.08. The maximum absolute atomic E-state index is 12.1.